The Morgan fingerprint density at radius 1 is 0.321 bits per heavy atom. The second-order valence-corrected chi connectivity index (χ2v) is 30.1. The fraction of sp³-hybridized carbons (Fsp3) is 0.912. The van der Waals surface area contributed by atoms with E-state index in [0.717, 1.165) is 69.5 Å². The van der Waals surface area contributed by atoms with Crippen LogP contribution >= 0.6 is 11.8 Å². The Morgan fingerprint density at radius 2 is 0.607 bits per heavy atom. The Morgan fingerprint density at radius 3 is 0.964 bits per heavy atom. The molecular formula is C68H118N10O33S. The fourth-order valence-corrected chi connectivity index (χ4v) is 14.6. The van der Waals surface area contributed by atoms with Gasteiger partial charge in [0.05, 0.1) is 77.9 Å². The number of hydrogen-bond donors (Lipinski definition) is 20. The van der Waals surface area contributed by atoms with E-state index >= 15 is 0 Å². The lowest BCUT2D eigenvalue weighted by Crippen LogP contribution is -2.66. The average Bonchev–Trinajstić information content (AvgIpc) is 0.958. The molecule has 0 aromatic carbocycles. The molecule has 9 heterocycles. The first-order valence-electron chi connectivity index (χ1n) is 38.6. The van der Waals surface area contributed by atoms with E-state index in [2.05, 4.69) is 30.9 Å². The van der Waals surface area contributed by atoms with Gasteiger partial charge < -0.3 is 169 Å². The lowest BCUT2D eigenvalue weighted by molar-refractivity contribution is -0.370. The van der Waals surface area contributed by atoms with Crippen molar-refractivity contribution < 1.29 is 163 Å². The molecule has 6 fully saturated rings. The smallest absolute Gasteiger partial charge is 0.187 e. The summed E-state index contributed by atoms with van der Waals surface area (Å²) in [4.78, 5) is 0. The van der Waals surface area contributed by atoms with Crippen molar-refractivity contribution in [3.8, 4) is 0 Å². The molecule has 44 heteroatoms. The summed E-state index contributed by atoms with van der Waals surface area (Å²) in [6, 6.07) is 0. The van der Waals surface area contributed by atoms with E-state index < -0.39 is 203 Å². The van der Waals surface area contributed by atoms with Crippen LogP contribution in [-0.4, -0.2) is 397 Å². The number of unbranched alkanes of at least 4 members (excludes halogenated alkanes) is 12. The molecule has 0 aliphatic carbocycles. The molecule has 112 heavy (non-hydrogen) atoms. The number of nitrogens with zero attached hydrogens (tertiary/aromatic N) is 9. The third kappa shape index (κ3) is 26.2. The minimum Gasteiger partial charge on any atom is -0.394 e. The Hall–Kier alpha value is -3.59. The molecule has 3 aromatic rings. The largest absolute Gasteiger partial charge is 0.394 e. The van der Waals surface area contributed by atoms with Crippen LogP contribution < -0.4 is 5.73 Å². The topological polar surface area (TPSA) is 632 Å². The molecule has 6 aliphatic heterocycles. The van der Waals surface area contributed by atoms with Crippen LogP contribution in [0.2, 0.25) is 0 Å². The predicted octanol–water partition coefficient (Wildman–Crippen LogP) is -8.12. The standard InChI is InChI=1S/C68H118N10O33S/c69-16-23-112-68-60(97)54(91)62(41(109-68)29-78-26-38(72-75-78)35-100-19-12-6-3-9-15-22-103-65-57(94)52(89)48(85)44(32-81)108-65)111-67-59(96)53(90)61(40(105-67)28-77-25-37(71-74-77)34-99-18-11-5-2-8-14-21-102-64-56(93)51(88)47(84)43(31-80)107-64)110-66-58(95)49(86)45(82)39(104-66)27-76-24-36(70-73-76)33-98-17-10-4-1-7-13-20-101-63-55(92)50(87)46(83)42(30-79)106-63/h24-26,39-68,79-97H,1-23,27-35,69H2/t39-,40-,41-,42-,43-,44-,45-,46-,47-,48-,49+,50+,51+,52+,53-,54-,55+,56+,57+,58-,59-,60-,61-,62-,63+,64+,65+,66-,67-,68+/m1/s1. The van der Waals surface area contributed by atoms with E-state index in [1.165, 1.54) is 26.4 Å². The molecule has 644 valence electrons. The van der Waals surface area contributed by atoms with Crippen molar-refractivity contribution in [2.24, 2.45) is 5.73 Å². The minimum absolute atomic E-state index is 0.0211. The number of nitrogens with two attached hydrogens (primary N) is 1. The third-order valence-electron chi connectivity index (χ3n) is 20.2. The number of aliphatic hydroxyl groups is 19. The van der Waals surface area contributed by atoms with Crippen molar-refractivity contribution in [3.05, 3.63) is 35.7 Å². The SMILES string of the molecule is NCCS[C@@H]1O[C@H](Cn2cc(COCCCCCCCO[C@H]3O[C@H](CO)[C@@H](O)[C@H](O)[C@@H]3O)nn2)[C@@H](O[C@H]2O[C@H](Cn3cc(COCCCCCCCO[C@H]4O[C@H](CO)[C@@H](O)[C@H](O)[C@@H]4O)nn3)[C@@H](O[C@H]3O[C@H](Cn4cc(COCCCCCCCO[C@H]5O[C@H](CO)[C@@H](O)[C@H](O)[C@@H]5O)nn4)[C@@H](O)[C@H](O)[C@H]3O)[C@H](O)[C@H]2O)[C@H](O)[C@H]1O. The summed E-state index contributed by atoms with van der Waals surface area (Å²) in [5, 5.41) is 226. The molecule has 0 bridgehead atoms. The number of rotatable bonds is 49. The second kappa shape index (κ2) is 47.3. The second-order valence-electron chi connectivity index (χ2n) is 28.9. The highest BCUT2D eigenvalue weighted by Crippen LogP contribution is 2.37. The summed E-state index contributed by atoms with van der Waals surface area (Å²) in [7, 11) is 0. The van der Waals surface area contributed by atoms with Crippen molar-refractivity contribution in [2.75, 3.05) is 71.8 Å². The first kappa shape index (κ1) is 92.3. The van der Waals surface area contributed by atoms with E-state index in [1.54, 1.807) is 6.20 Å². The normalized spacial score (nSPS) is 36.8. The van der Waals surface area contributed by atoms with Crippen molar-refractivity contribution in [1.29, 1.82) is 0 Å². The summed E-state index contributed by atoms with van der Waals surface area (Å²) in [5.41, 5.74) is 6.04. The van der Waals surface area contributed by atoms with Crippen molar-refractivity contribution in [2.45, 2.75) is 319 Å². The molecule has 0 saturated carbocycles. The maximum absolute atomic E-state index is 12.2. The van der Waals surface area contributed by atoms with Crippen molar-refractivity contribution in [3.63, 3.8) is 0 Å². The number of aromatic nitrogens is 9. The zero-order chi connectivity index (χ0) is 80.4. The molecular weight excluding hydrogens is 1520 g/mol. The predicted molar refractivity (Wildman–Crippen MR) is 377 cm³/mol. The number of thioether (sulfide) groups is 1. The molecule has 21 N–H and O–H groups in total. The van der Waals surface area contributed by atoms with Gasteiger partial charge >= 0.3 is 0 Å². The average molecular weight is 1640 g/mol. The maximum Gasteiger partial charge on any atom is 0.187 e. The van der Waals surface area contributed by atoms with E-state index in [0.29, 0.717) is 81.2 Å². The van der Waals surface area contributed by atoms with Gasteiger partial charge in [-0.1, -0.05) is 73.4 Å². The van der Waals surface area contributed by atoms with Crippen LogP contribution in [0.15, 0.2) is 18.6 Å². The summed E-state index contributed by atoms with van der Waals surface area (Å²) in [5.74, 6) is 0.327. The first-order chi connectivity index (χ1) is 54.0. The minimum atomic E-state index is -2.02. The van der Waals surface area contributed by atoms with E-state index in [1.807, 2.05) is 0 Å². The van der Waals surface area contributed by atoms with Gasteiger partial charge in [0, 0.05) is 51.9 Å². The number of hydrogen-bond acceptors (Lipinski definition) is 41. The van der Waals surface area contributed by atoms with Crippen LogP contribution in [0.3, 0.4) is 0 Å². The third-order valence-corrected chi connectivity index (χ3v) is 21.4. The van der Waals surface area contributed by atoms with Gasteiger partial charge in [-0.15, -0.1) is 27.1 Å². The zero-order valence-corrected chi connectivity index (χ0v) is 63.2. The van der Waals surface area contributed by atoms with E-state index in [-0.39, 0.29) is 65.8 Å². The molecule has 0 amide bonds. The van der Waals surface area contributed by atoms with Gasteiger partial charge in [0.1, 0.15) is 169 Å². The molecule has 30 atom stereocenters. The van der Waals surface area contributed by atoms with Gasteiger partial charge in [0.25, 0.3) is 0 Å². The number of ether oxygens (including phenoxy) is 14. The fourth-order valence-electron chi connectivity index (χ4n) is 13.7. The molecule has 0 radical (unpaired) electrons. The zero-order valence-electron chi connectivity index (χ0n) is 62.4. The van der Waals surface area contributed by atoms with Gasteiger partial charge in [-0.05, 0) is 38.5 Å². The van der Waals surface area contributed by atoms with Crippen LogP contribution in [0, 0.1) is 0 Å². The maximum atomic E-state index is 12.2. The lowest BCUT2D eigenvalue weighted by Gasteiger charge is -2.48. The number of aliphatic hydroxyl groups excluding tert-OH is 19. The molecule has 6 aliphatic rings. The molecule has 3 aromatic heterocycles. The van der Waals surface area contributed by atoms with Crippen LogP contribution in [0.5, 0.6) is 0 Å². The highest BCUT2D eigenvalue weighted by Gasteiger charge is 2.55. The highest BCUT2D eigenvalue weighted by atomic mass is 32.2. The Balaban J connectivity index is 0.780. The lowest BCUT2D eigenvalue weighted by atomic mass is 9.95. The summed E-state index contributed by atoms with van der Waals surface area (Å²) in [6.07, 6.45) is -28.0. The van der Waals surface area contributed by atoms with Crippen LogP contribution in [-0.2, 0) is 106 Å². The van der Waals surface area contributed by atoms with Crippen molar-refractivity contribution >= 4 is 11.8 Å². The Kier molecular flexibility index (Phi) is 38.9. The quantitative estimate of drug-likeness (QED) is 0.0234. The monoisotopic (exact) mass is 1630 g/mol. The highest BCUT2D eigenvalue weighted by molar-refractivity contribution is 7.99. The van der Waals surface area contributed by atoms with Crippen LogP contribution in [0.1, 0.15) is 113 Å². The first-order valence-corrected chi connectivity index (χ1v) is 39.6. The molecule has 9 rings (SSSR count). The van der Waals surface area contributed by atoms with E-state index in [9.17, 15) is 97.0 Å². The van der Waals surface area contributed by atoms with Gasteiger partial charge in [-0.2, -0.15) is 0 Å². The van der Waals surface area contributed by atoms with Gasteiger partial charge in [0.15, 0.2) is 31.5 Å². The Labute approximate surface area is 650 Å². The molecule has 0 unspecified atom stereocenters. The summed E-state index contributed by atoms with van der Waals surface area (Å²) >= 11 is 1.14. The molecule has 43 nitrogen and oxygen atoms in total. The van der Waals surface area contributed by atoms with Crippen LogP contribution in [0.25, 0.3) is 0 Å². The Bertz CT molecular complexity index is 3060. The molecule has 6 saturated heterocycles. The molecule has 0 spiro atoms. The van der Waals surface area contributed by atoms with Gasteiger partial charge in [-0.25, -0.2) is 14.0 Å². The van der Waals surface area contributed by atoms with Gasteiger partial charge in [0.2, 0.25) is 0 Å². The summed E-state index contributed by atoms with van der Waals surface area (Å²) < 4.78 is 86.4. The van der Waals surface area contributed by atoms with Gasteiger partial charge in [-0.3, -0.25) is 0 Å². The summed E-state index contributed by atoms with van der Waals surface area (Å²) in [6.45, 7) is -0.238. The van der Waals surface area contributed by atoms with Crippen LogP contribution in [0.4, 0.5) is 0 Å². The van der Waals surface area contributed by atoms with E-state index in [4.69, 9.17) is 72.0 Å². The van der Waals surface area contributed by atoms with Crippen molar-refractivity contribution in [1.82, 2.24) is 45.0 Å².